The van der Waals surface area contributed by atoms with Gasteiger partial charge in [0.2, 0.25) is 5.91 Å². The number of nitriles is 1. The third-order valence-corrected chi connectivity index (χ3v) is 5.13. The lowest BCUT2D eigenvalue weighted by atomic mass is 9.90. The number of Topliss-reactive ketones (excluding diaryl/α,β-unsaturated/α-hetero) is 2. The lowest BCUT2D eigenvalue weighted by molar-refractivity contribution is -0.113. The SMILES string of the molecule is Cc1cc(C)cc(C(=O)[C@@H](C#N)C(=O)c2ccc3c(c2)NC(=O)CS3)c1. The van der Waals surface area contributed by atoms with E-state index in [4.69, 9.17) is 0 Å². The molecule has 2 aromatic carbocycles. The number of thioether (sulfide) groups is 1. The largest absolute Gasteiger partial charge is 0.324 e. The van der Waals surface area contributed by atoms with Crippen LogP contribution in [0.1, 0.15) is 31.8 Å². The first-order valence-corrected chi connectivity index (χ1v) is 9.00. The van der Waals surface area contributed by atoms with Gasteiger partial charge in [-0.05, 0) is 38.1 Å². The minimum absolute atomic E-state index is 0.143. The Labute approximate surface area is 155 Å². The van der Waals surface area contributed by atoms with Crippen molar-refractivity contribution in [2.75, 3.05) is 11.1 Å². The number of benzene rings is 2. The molecular formula is C20H16N2O3S. The summed E-state index contributed by atoms with van der Waals surface area (Å²) in [5, 5.41) is 12.2. The second-order valence-electron chi connectivity index (χ2n) is 6.21. The van der Waals surface area contributed by atoms with Crippen LogP contribution in [0.15, 0.2) is 41.3 Å². The van der Waals surface area contributed by atoms with Gasteiger partial charge >= 0.3 is 0 Å². The molecule has 2 aromatic rings. The van der Waals surface area contributed by atoms with E-state index in [0.717, 1.165) is 16.0 Å². The zero-order chi connectivity index (χ0) is 18.8. The maximum absolute atomic E-state index is 12.8. The lowest BCUT2D eigenvalue weighted by Crippen LogP contribution is -2.24. The number of aryl methyl sites for hydroxylation is 2. The van der Waals surface area contributed by atoms with Crippen molar-refractivity contribution in [3.05, 3.63) is 58.7 Å². The molecule has 130 valence electrons. The fourth-order valence-electron chi connectivity index (χ4n) is 2.92. The summed E-state index contributed by atoms with van der Waals surface area (Å²) in [6.45, 7) is 3.72. The summed E-state index contributed by atoms with van der Waals surface area (Å²) in [7, 11) is 0. The van der Waals surface area contributed by atoms with Crippen LogP contribution < -0.4 is 5.32 Å². The van der Waals surface area contributed by atoms with Crippen LogP contribution in [0.3, 0.4) is 0 Å². The van der Waals surface area contributed by atoms with Gasteiger partial charge < -0.3 is 5.32 Å². The molecule has 0 aliphatic carbocycles. The van der Waals surface area contributed by atoms with Crippen molar-refractivity contribution in [3.63, 3.8) is 0 Å². The van der Waals surface area contributed by atoms with E-state index < -0.39 is 17.5 Å². The van der Waals surface area contributed by atoms with E-state index in [1.54, 1.807) is 24.3 Å². The summed E-state index contributed by atoms with van der Waals surface area (Å²) in [5.74, 6) is -2.31. The molecule has 26 heavy (non-hydrogen) atoms. The Hall–Kier alpha value is -2.91. The number of carbonyl (C=O) groups excluding carboxylic acids is 3. The van der Waals surface area contributed by atoms with Crippen LogP contribution in [-0.4, -0.2) is 23.2 Å². The molecule has 0 radical (unpaired) electrons. The van der Waals surface area contributed by atoms with Crippen LogP contribution in [0.25, 0.3) is 0 Å². The van der Waals surface area contributed by atoms with Crippen molar-refractivity contribution < 1.29 is 14.4 Å². The van der Waals surface area contributed by atoms with Crippen LogP contribution in [0.5, 0.6) is 0 Å². The van der Waals surface area contributed by atoms with Gasteiger partial charge in [-0.3, -0.25) is 14.4 Å². The Kier molecular flexibility index (Phi) is 4.92. The normalized spacial score (nSPS) is 14.0. The van der Waals surface area contributed by atoms with Crippen LogP contribution in [0, 0.1) is 31.1 Å². The van der Waals surface area contributed by atoms with E-state index in [0.29, 0.717) is 17.0 Å². The Bertz CT molecular complexity index is 955. The van der Waals surface area contributed by atoms with Crippen molar-refractivity contribution >= 4 is 34.9 Å². The van der Waals surface area contributed by atoms with E-state index in [1.807, 2.05) is 26.0 Å². The monoisotopic (exact) mass is 364 g/mol. The number of amides is 1. The quantitative estimate of drug-likeness (QED) is 0.662. The van der Waals surface area contributed by atoms with Gasteiger partial charge in [-0.2, -0.15) is 5.26 Å². The summed E-state index contributed by atoms with van der Waals surface area (Å²) < 4.78 is 0. The average molecular weight is 364 g/mol. The topological polar surface area (TPSA) is 87.0 Å². The molecule has 0 fully saturated rings. The molecule has 0 bridgehead atoms. The first-order valence-electron chi connectivity index (χ1n) is 8.02. The predicted octanol–water partition coefficient (Wildman–Crippen LogP) is 3.55. The molecule has 5 nitrogen and oxygen atoms in total. The highest BCUT2D eigenvalue weighted by Gasteiger charge is 2.29. The molecule has 0 aromatic heterocycles. The summed E-state index contributed by atoms with van der Waals surface area (Å²) >= 11 is 1.38. The first kappa shape index (κ1) is 17.9. The van der Waals surface area contributed by atoms with Crippen molar-refractivity contribution in [3.8, 4) is 6.07 Å². The standard InChI is InChI=1S/C20H16N2O3S/c1-11-5-12(2)7-14(6-11)20(25)15(9-21)19(24)13-3-4-17-16(8-13)22-18(23)10-26-17/h3-8,15H,10H2,1-2H3,(H,22,23)/t15-/m0/s1. The smallest absolute Gasteiger partial charge is 0.234 e. The number of nitrogens with one attached hydrogen (secondary N) is 1. The number of anilines is 1. The molecular weight excluding hydrogens is 348 g/mol. The van der Waals surface area contributed by atoms with Gasteiger partial charge in [0, 0.05) is 16.0 Å². The van der Waals surface area contributed by atoms with Crippen molar-refractivity contribution in [2.45, 2.75) is 18.7 Å². The summed E-state index contributed by atoms with van der Waals surface area (Å²) in [6, 6.07) is 12.0. The molecule has 1 N–H and O–H groups in total. The molecule has 0 spiro atoms. The second-order valence-corrected chi connectivity index (χ2v) is 7.23. The van der Waals surface area contributed by atoms with Gasteiger partial charge in [-0.1, -0.05) is 23.3 Å². The third kappa shape index (κ3) is 3.53. The van der Waals surface area contributed by atoms with Crippen molar-refractivity contribution in [1.82, 2.24) is 0 Å². The Morgan fingerprint density at radius 1 is 1.08 bits per heavy atom. The number of carbonyl (C=O) groups is 3. The maximum Gasteiger partial charge on any atom is 0.234 e. The zero-order valence-electron chi connectivity index (χ0n) is 14.3. The number of hydrogen-bond acceptors (Lipinski definition) is 5. The molecule has 1 heterocycles. The lowest BCUT2D eigenvalue weighted by Gasteiger charge is -2.17. The molecule has 0 saturated heterocycles. The minimum atomic E-state index is -1.42. The van der Waals surface area contributed by atoms with Crippen LogP contribution in [0.4, 0.5) is 5.69 Å². The average Bonchev–Trinajstić information content (AvgIpc) is 2.60. The minimum Gasteiger partial charge on any atom is -0.324 e. The van der Waals surface area contributed by atoms with E-state index in [1.165, 1.54) is 17.8 Å². The van der Waals surface area contributed by atoms with E-state index in [-0.39, 0.29) is 11.5 Å². The zero-order valence-corrected chi connectivity index (χ0v) is 15.1. The highest BCUT2D eigenvalue weighted by Crippen LogP contribution is 2.32. The summed E-state index contributed by atoms with van der Waals surface area (Å²) in [5.41, 5.74) is 2.91. The number of ketones is 2. The van der Waals surface area contributed by atoms with E-state index in [9.17, 15) is 19.6 Å². The Morgan fingerprint density at radius 2 is 1.73 bits per heavy atom. The number of nitrogens with zero attached hydrogens (tertiary/aromatic N) is 1. The van der Waals surface area contributed by atoms with Crippen LogP contribution in [0.2, 0.25) is 0 Å². The molecule has 0 unspecified atom stereocenters. The first-order chi connectivity index (χ1) is 12.4. The van der Waals surface area contributed by atoms with Crippen LogP contribution >= 0.6 is 11.8 Å². The van der Waals surface area contributed by atoms with Gasteiger partial charge in [-0.15, -0.1) is 11.8 Å². The van der Waals surface area contributed by atoms with E-state index in [2.05, 4.69) is 5.32 Å². The molecule has 1 atom stereocenters. The highest BCUT2D eigenvalue weighted by molar-refractivity contribution is 8.00. The molecule has 0 saturated carbocycles. The number of rotatable bonds is 4. The Morgan fingerprint density at radius 3 is 2.38 bits per heavy atom. The molecule has 1 aliphatic heterocycles. The number of hydrogen-bond donors (Lipinski definition) is 1. The van der Waals surface area contributed by atoms with Crippen molar-refractivity contribution in [1.29, 1.82) is 5.26 Å². The van der Waals surface area contributed by atoms with Gasteiger partial charge in [-0.25, -0.2) is 0 Å². The van der Waals surface area contributed by atoms with Gasteiger partial charge in [0.15, 0.2) is 17.5 Å². The Balaban J connectivity index is 1.92. The summed E-state index contributed by atoms with van der Waals surface area (Å²) in [4.78, 5) is 37.9. The third-order valence-electron chi connectivity index (χ3n) is 4.06. The fourth-order valence-corrected chi connectivity index (χ4v) is 3.71. The van der Waals surface area contributed by atoms with Crippen molar-refractivity contribution in [2.24, 2.45) is 5.92 Å². The summed E-state index contributed by atoms with van der Waals surface area (Å²) in [6.07, 6.45) is 0. The maximum atomic E-state index is 12.8. The van der Waals surface area contributed by atoms with Gasteiger partial charge in [0.05, 0.1) is 17.5 Å². The number of fused-ring (bicyclic) bond motifs is 1. The molecule has 6 heteroatoms. The molecule has 1 amide bonds. The second kappa shape index (κ2) is 7.14. The predicted molar refractivity (Wildman–Crippen MR) is 99.5 cm³/mol. The van der Waals surface area contributed by atoms with E-state index >= 15 is 0 Å². The van der Waals surface area contributed by atoms with Crippen LogP contribution in [-0.2, 0) is 4.79 Å². The van der Waals surface area contributed by atoms with Gasteiger partial charge in [0.1, 0.15) is 0 Å². The highest BCUT2D eigenvalue weighted by atomic mass is 32.2. The molecule has 3 rings (SSSR count). The molecule has 1 aliphatic rings. The van der Waals surface area contributed by atoms with Gasteiger partial charge in [0.25, 0.3) is 0 Å². The fraction of sp³-hybridized carbons (Fsp3) is 0.200.